The summed E-state index contributed by atoms with van der Waals surface area (Å²) in [7, 11) is 0. The first-order valence-electron chi connectivity index (χ1n) is 7.56. The van der Waals surface area contributed by atoms with E-state index in [9.17, 15) is 0 Å². The van der Waals surface area contributed by atoms with Crippen molar-refractivity contribution in [2.75, 3.05) is 0 Å². The Bertz CT molecular complexity index is 895. The fraction of sp³-hybridized carbons (Fsp3) is 0.235. The van der Waals surface area contributed by atoms with E-state index < -0.39 is 0 Å². The Morgan fingerprint density at radius 3 is 3.22 bits per heavy atom. The molecule has 0 saturated carbocycles. The molecule has 0 saturated heterocycles. The van der Waals surface area contributed by atoms with Gasteiger partial charge in [-0.3, -0.25) is 9.82 Å². The molecular weight excluding hydrogens is 306 g/mol. The number of nitrogens with zero attached hydrogens (tertiary/aromatic N) is 3. The average molecular weight is 321 g/mol. The minimum atomic E-state index is 0.407. The van der Waals surface area contributed by atoms with Gasteiger partial charge in [0.25, 0.3) is 0 Å². The van der Waals surface area contributed by atoms with E-state index in [4.69, 9.17) is 5.26 Å². The van der Waals surface area contributed by atoms with E-state index in [-0.39, 0.29) is 0 Å². The number of aromatic nitrogens is 3. The third kappa shape index (κ3) is 2.81. The van der Waals surface area contributed by atoms with Crippen LogP contribution >= 0.6 is 11.9 Å². The van der Waals surface area contributed by atoms with E-state index in [1.807, 2.05) is 36.7 Å². The standard InChI is InChI=1S/C17H15N5S/c18-8-11-2-1-3-14(6-11)23-22-13-4-5-15-12(7-13)9-19-17-16(15)10-20-21-17/h1-3,6,9-10,13,22H,4-5,7H2,(H,19,20,21). The van der Waals surface area contributed by atoms with Gasteiger partial charge in [-0.15, -0.1) is 0 Å². The van der Waals surface area contributed by atoms with Crippen molar-refractivity contribution in [2.45, 2.75) is 30.2 Å². The van der Waals surface area contributed by atoms with Crippen molar-refractivity contribution in [3.63, 3.8) is 0 Å². The molecule has 0 spiro atoms. The molecule has 4 rings (SSSR count). The minimum absolute atomic E-state index is 0.407. The highest BCUT2D eigenvalue weighted by molar-refractivity contribution is 7.97. The predicted octanol–water partition coefficient (Wildman–Crippen LogP) is 2.98. The fourth-order valence-corrected chi connectivity index (χ4v) is 3.87. The van der Waals surface area contributed by atoms with Crippen LogP contribution in [-0.2, 0) is 12.8 Å². The summed E-state index contributed by atoms with van der Waals surface area (Å²) in [5.74, 6) is 0. The fourth-order valence-electron chi connectivity index (χ4n) is 3.03. The van der Waals surface area contributed by atoms with E-state index in [0.717, 1.165) is 35.2 Å². The summed E-state index contributed by atoms with van der Waals surface area (Å²) >= 11 is 1.60. The van der Waals surface area contributed by atoms with Crippen LogP contribution in [0.3, 0.4) is 0 Å². The molecule has 2 heterocycles. The van der Waals surface area contributed by atoms with Crippen molar-refractivity contribution < 1.29 is 0 Å². The summed E-state index contributed by atoms with van der Waals surface area (Å²) in [6.45, 7) is 0. The first kappa shape index (κ1) is 14.2. The normalized spacial score (nSPS) is 16.9. The molecule has 3 aromatic rings. The van der Waals surface area contributed by atoms with Gasteiger partial charge < -0.3 is 0 Å². The van der Waals surface area contributed by atoms with Gasteiger partial charge in [0.05, 0.1) is 17.8 Å². The smallest absolute Gasteiger partial charge is 0.155 e. The van der Waals surface area contributed by atoms with Gasteiger partial charge in [0.2, 0.25) is 0 Å². The van der Waals surface area contributed by atoms with Gasteiger partial charge in [-0.25, -0.2) is 4.98 Å². The van der Waals surface area contributed by atoms with Gasteiger partial charge in [-0.2, -0.15) is 10.4 Å². The molecule has 5 nitrogen and oxygen atoms in total. The Morgan fingerprint density at radius 2 is 2.30 bits per heavy atom. The zero-order valence-corrected chi connectivity index (χ0v) is 13.2. The van der Waals surface area contributed by atoms with Crippen LogP contribution in [0.15, 0.2) is 41.6 Å². The maximum Gasteiger partial charge on any atom is 0.155 e. The number of hydrogen-bond acceptors (Lipinski definition) is 5. The number of hydrogen-bond donors (Lipinski definition) is 2. The number of pyridine rings is 1. The van der Waals surface area contributed by atoms with Gasteiger partial charge >= 0.3 is 0 Å². The molecule has 0 radical (unpaired) electrons. The first-order valence-corrected chi connectivity index (χ1v) is 8.37. The zero-order valence-electron chi connectivity index (χ0n) is 12.4. The Morgan fingerprint density at radius 1 is 1.35 bits per heavy atom. The van der Waals surface area contributed by atoms with Crippen LogP contribution in [0.1, 0.15) is 23.1 Å². The van der Waals surface area contributed by atoms with E-state index >= 15 is 0 Å². The topological polar surface area (TPSA) is 77.4 Å². The lowest BCUT2D eigenvalue weighted by molar-refractivity contribution is 0.547. The Balaban J connectivity index is 1.47. The summed E-state index contributed by atoms with van der Waals surface area (Å²) < 4.78 is 3.53. The molecule has 0 fully saturated rings. The van der Waals surface area contributed by atoms with Crippen molar-refractivity contribution in [1.29, 1.82) is 5.26 Å². The SMILES string of the molecule is N#Cc1cccc(SNC2CCc3c(cnc4[nH]ncc34)C2)c1. The highest BCUT2D eigenvalue weighted by Crippen LogP contribution is 2.28. The molecule has 23 heavy (non-hydrogen) atoms. The number of aromatic amines is 1. The van der Waals surface area contributed by atoms with Gasteiger partial charge in [0.1, 0.15) is 0 Å². The largest absolute Gasteiger partial charge is 0.261 e. The lowest BCUT2D eigenvalue weighted by Gasteiger charge is -2.25. The van der Waals surface area contributed by atoms with Crippen molar-refractivity contribution in [3.8, 4) is 6.07 Å². The highest BCUT2D eigenvalue weighted by atomic mass is 32.2. The van der Waals surface area contributed by atoms with Crippen LogP contribution in [0.4, 0.5) is 0 Å². The van der Waals surface area contributed by atoms with Crippen molar-refractivity contribution >= 4 is 23.0 Å². The van der Waals surface area contributed by atoms with Crippen LogP contribution in [0.2, 0.25) is 0 Å². The van der Waals surface area contributed by atoms with Crippen LogP contribution in [-0.4, -0.2) is 21.2 Å². The molecule has 2 aromatic heterocycles. The quantitative estimate of drug-likeness (QED) is 0.725. The number of fused-ring (bicyclic) bond motifs is 3. The minimum Gasteiger partial charge on any atom is -0.261 e. The molecule has 0 bridgehead atoms. The van der Waals surface area contributed by atoms with E-state index in [1.165, 1.54) is 11.1 Å². The monoisotopic (exact) mass is 321 g/mol. The number of benzene rings is 1. The van der Waals surface area contributed by atoms with Crippen LogP contribution in [0.25, 0.3) is 11.0 Å². The predicted molar refractivity (Wildman–Crippen MR) is 89.9 cm³/mol. The first-order chi connectivity index (χ1) is 11.3. The molecule has 1 aliphatic rings. The molecule has 1 unspecified atom stereocenters. The summed E-state index contributed by atoms with van der Waals surface area (Å²) in [5.41, 5.74) is 4.24. The summed E-state index contributed by atoms with van der Waals surface area (Å²) in [5, 5.41) is 17.1. The summed E-state index contributed by atoms with van der Waals surface area (Å²) in [4.78, 5) is 5.51. The van der Waals surface area contributed by atoms with Crippen molar-refractivity contribution in [2.24, 2.45) is 0 Å². The number of H-pyrrole nitrogens is 1. The lowest BCUT2D eigenvalue weighted by atomic mass is 9.88. The highest BCUT2D eigenvalue weighted by Gasteiger charge is 2.21. The number of rotatable bonds is 3. The molecule has 1 aliphatic carbocycles. The van der Waals surface area contributed by atoms with Gasteiger partial charge in [-0.1, -0.05) is 6.07 Å². The van der Waals surface area contributed by atoms with Crippen molar-refractivity contribution in [3.05, 3.63) is 53.3 Å². The Hall–Kier alpha value is -2.36. The van der Waals surface area contributed by atoms with Crippen molar-refractivity contribution in [1.82, 2.24) is 19.9 Å². The van der Waals surface area contributed by atoms with E-state index in [1.54, 1.807) is 11.9 Å². The molecule has 2 N–H and O–H groups in total. The van der Waals surface area contributed by atoms with E-state index in [0.29, 0.717) is 11.6 Å². The molecule has 1 aromatic carbocycles. The summed E-state index contributed by atoms with van der Waals surface area (Å²) in [6, 6.07) is 10.2. The number of nitriles is 1. The maximum absolute atomic E-state index is 8.96. The third-order valence-electron chi connectivity index (χ3n) is 4.20. The van der Waals surface area contributed by atoms with Gasteiger partial charge in [-0.05, 0) is 60.5 Å². The molecule has 0 amide bonds. The van der Waals surface area contributed by atoms with Crippen LogP contribution in [0.5, 0.6) is 0 Å². The number of aryl methyl sites for hydroxylation is 1. The molecule has 1 atom stereocenters. The second-order valence-electron chi connectivity index (χ2n) is 5.69. The summed E-state index contributed by atoms with van der Waals surface area (Å²) in [6.07, 6.45) is 6.92. The van der Waals surface area contributed by atoms with Gasteiger partial charge in [0.15, 0.2) is 5.65 Å². The third-order valence-corrected chi connectivity index (χ3v) is 5.14. The Labute approximate surface area is 138 Å². The molecule has 0 aliphatic heterocycles. The van der Waals surface area contributed by atoms with E-state index in [2.05, 4.69) is 26.0 Å². The maximum atomic E-state index is 8.96. The lowest BCUT2D eigenvalue weighted by Crippen LogP contribution is -2.30. The number of nitrogens with one attached hydrogen (secondary N) is 2. The van der Waals surface area contributed by atoms with Crippen LogP contribution in [0, 0.1) is 11.3 Å². The molecular formula is C17H15N5S. The Kier molecular flexibility index (Phi) is 3.74. The zero-order chi connectivity index (χ0) is 15.6. The molecule has 6 heteroatoms. The second-order valence-corrected chi connectivity index (χ2v) is 6.60. The second kappa shape index (κ2) is 6.03. The van der Waals surface area contributed by atoms with Crippen LogP contribution < -0.4 is 4.72 Å². The average Bonchev–Trinajstić information content (AvgIpc) is 3.09. The van der Waals surface area contributed by atoms with Gasteiger partial charge in [0, 0.05) is 22.5 Å². The molecule has 114 valence electrons.